The Morgan fingerprint density at radius 1 is 1.23 bits per heavy atom. The van der Waals surface area contributed by atoms with Crippen molar-refractivity contribution in [2.75, 3.05) is 27.3 Å². The van der Waals surface area contributed by atoms with Gasteiger partial charge in [0.25, 0.3) is 0 Å². The highest BCUT2D eigenvalue weighted by molar-refractivity contribution is 6.07. The van der Waals surface area contributed by atoms with Gasteiger partial charge in [-0.3, -0.25) is 9.59 Å². The highest BCUT2D eigenvalue weighted by Crippen LogP contribution is 2.48. The Kier molecular flexibility index (Phi) is 5.39. The first-order chi connectivity index (χ1) is 12.5. The van der Waals surface area contributed by atoms with Gasteiger partial charge in [0.2, 0.25) is 11.8 Å². The number of ether oxygens (including phenoxy) is 2. The predicted molar refractivity (Wildman–Crippen MR) is 98.0 cm³/mol. The second-order valence-electron chi connectivity index (χ2n) is 7.45. The molecule has 1 aromatic carbocycles. The molecule has 3 rings (SSSR count). The normalized spacial score (nSPS) is 21.0. The first-order valence-electron chi connectivity index (χ1n) is 9.29. The third kappa shape index (κ3) is 3.64. The molecule has 1 atom stereocenters. The van der Waals surface area contributed by atoms with Crippen LogP contribution in [-0.4, -0.2) is 44.0 Å². The number of hydrogen-bond donors (Lipinski definition) is 1. The van der Waals surface area contributed by atoms with E-state index in [4.69, 9.17) is 9.47 Å². The molecule has 1 unspecified atom stereocenters. The molecule has 0 spiro atoms. The summed E-state index contributed by atoms with van der Waals surface area (Å²) in [6.45, 7) is 4.07. The molecular weight excluding hydrogens is 332 g/mol. The molecule has 1 saturated carbocycles. The van der Waals surface area contributed by atoms with Crippen LogP contribution in [0.5, 0.6) is 11.5 Å². The lowest BCUT2D eigenvalue weighted by atomic mass is 9.96. The molecule has 6 nitrogen and oxygen atoms in total. The number of hydrogen-bond acceptors (Lipinski definition) is 4. The fraction of sp³-hybridized carbons (Fsp3) is 0.600. The lowest BCUT2D eigenvalue weighted by Gasteiger charge is -2.33. The third-order valence-corrected chi connectivity index (χ3v) is 5.44. The number of rotatable bonds is 6. The van der Waals surface area contributed by atoms with E-state index in [9.17, 15) is 9.59 Å². The van der Waals surface area contributed by atoms with Crippen molar-refractivity contribution in [3.63, 3.8) is 0 Å². The topological polar surface area (TPSA) is 67.9 Å². The predicted octanol–water partition coefficient (Wildman–Crippen LogP) is 2.36. The number of nitrogens with zero attached hydrogens (tertiary/aromatic N) is 1. The molecular formula is C20H28N2O4. The zero-order valence-electron chi connectivity index (χ0n) is 15.8. The van der Waals surface area contributed by atoms with Gasteiger partial charge in [-0.2, -0.15) is 0 Å². The van der Waals surface area contributed by atoms with Gasteiger partial charge < -0.3 is 19.7 Å². The molecule has 0 bridgehead atoms. The summed E-state index contributed by atoms with van der Waals surface area (Å²) in [5, 5.41) is 2.94. The summed E-state index contributed by atoms with van der Waals surface area (Å²) in [7, 11) is 3.17. The van der Waals surface area contributed by atoms with E-state index < -0.39 is 5.41 Å². The molecule has 1 aliphatic heterocycles. The van der Waals surface area contributed by atoms with E-state index >= 15 is 0 Å². The Bertz CT molecular complexity index is 684. The molecule has 26 heavy (non-hydrogen) atoms. The van der Waals surface area contributed by atoms with Crippen LogP contribution in [0.4, 0.5) is 0 Å². The Balaban J connectivity index is 1.62. The minimum absolute atomic E-state index is 0.00821. The van der Waals surface area contributed by atoms with Crippen LogP contribution in [-0.2, 0) is 16.1 Å². The first-order valence-corrected chi connectivity index (χ1v) is 9.29. The van der Waals surface area contributed by atoms with Crippen molar-refractivity contribution < 1.29 is 19.1 Å². The fourth-order valence-electron chi connectivity index (χ4n) is 3.68. The standard InChI is InChI=1S/C20H28N2O4/c1-14-5-4-10-22(13-14)19(24)20(8-9-20)18(23)21-12-15-6-7-16(25-2)17(11-15)26-3/h6-7,11,14H,4-5,8-10,12-13H2,1-3H3,(H,21,23). The van der Waals surface area contributed by atoms with Gasteiger partial charge in [-0.15, -0.1) is 0 Å². The lowest BCUT2D eigenvalue weighted by Crippen LogP contribution is -2.48. The van der Waals surface area contributed by atoms with Crippen molar-refractivity contribution in [2.45, 2.75) is 39.2 Å². The average molecular weight is 360 g/mol. The molecule has 142 valence electrons. The maximum Gasteiger partial charge on any atom is 0.238 e. The average Bonchev–Trinajstić information content (AvgIpc) is 3.47. The van der Waals surface area contributed by atoms with Crippen LogP contribution < -0.4 is 14.8 Å². The van der Waals surface area contributed by atoms with E-state index in [1.807, 2.05) is 23.1 Å². The second kappa shape index (κ2) is 7.56. The Labute approximate surface area is 154 Å². The number of amides is 2. The van der Waals surface area contributed by atoms with Gasteiger partial charge >= 0.3 is 0 Å². The molecule has 1 heterocycles. The molecule has 1 saturated heterocycles. The number of carbonyl (C=O) groups is 2. The number of benzene rings is 1. The highest BCUT2D eigenvalue weighted by Gasteiger charge is 2.58. The molecule has 2 amide bonds. The monoisotopic (exact) mass is 360 g/mol. The molecule has 6 heteroatoms. The van der Waals surface area contributed by atoms with Crippen molar-refractivity contribution in [1.29, 1.82) is 0 Å². The summed E-state index contributed by atoms with van der Waals surface area (Å²) in [4.78, 5) is 27.5. The zero-order valence-corrected chi connectivity index (χ0v) is 15.8. The summed E-state index contributed by atoms with van der Waals surface area (Å²) < 4.78 is 10.5. The minimum atomic E-state index is -0.840. The Hall–Kier alpha value is -2.24. The molecule has 1 N–H and O–H groups in total. The summed E-state index contributed by atoms with van der Waals surface area (Å²) >= 11 is 0. The molecule has 1 aromatic rings. The summed E-state index contributed by atoms with van der Waals surface area (Å²) in [5.74, 6) is 1.64. The van der Waals surface area contributed by atoms with Crippen molar-refractivity contribution >= 4 is 11.8 Å². The van der Waals surface area contributed by atoms with E-state index in [0.29, 0.717) is 36.8 Å². The largest absolute Gasteiger partial charge is 0.493 e. The first kappa shape index (κ1) is 18.5. The van der Waals surface area contributed by atoms with E-state index in [1.54, 1.807) is 14.2 Å². The van der Waals surface area contributed by atoms with Gasteiger partial charge in [-0.25, -0.2) is 0 Å². The van der Waals surface area contributed by atoms with Gasteiger partial charge in [0.05, 0.1) is 14.2 Å². The smallest absolute Gasteiger partial charge is 0.238 e. The van der Waals surface area contributed by atoms with E-state index in [-0.39, 0.29) is 11.8 Å². The van der Waals surface area contributed by atoms with E-state index in [0.717, 1.165) is 31.5 Å². The number of carbonyl (C=O) groups excluding carboxylic acids is 2. The van der Waals surface area contributed by atoms with Crippen LogP contribution >= 0.6 is 0 Å². The van der Waals surface area contributed by atoms with Gasteiger partial charge in [0.15, 0.2) is 11.5 Å². The van der Waals surface area contributed by atoms with E-state index in [1.165, 1.54) is 0 Å². The molecule has 2 fully saturated rings. The minimum Gasteiger partial charge on any atom is -0.493 e. The fourth-order valence-corrected chi connectivity index (χ4v) is 3.68. The SMILES string of the molecule is COc1ccc(CNC(=O)C2(C(=O)N3CCCC(C)C3)CC2)cc1OC. The third-order valence-electron chi connectivity index (χ3n) is 5.44. The van der Waals surface area contributed by atoms with Crippen LogP contribution in [0.15, 0.2) is 18.2 Å². The lowest BCUT2D eigenvalue weighted by molar-refractivity contribution is -0.145. The van der Waals surface area contributed by atoms with Crippen molar-refractivity contribution in [2.24, 2.45) is 11.3 Å². The Morgan fingerprint density at radius 2 is 1.96 bits per heavy atom. The number of methoxy groups -OCH3 is 2. The maximum atomic E-state index is 12.9. The van der Waals surface area contributed by atoms with Crippen molar-refractivity contribution in [3.8, 4) is 11.5 Å². The van der Waals surface area contributed by atoms with Crippen LogP contribution in [0.2, 0.25) is 0 Å². The van der Waals surface area contributed by atoms with Crippen LogP contribution in [0.25, 0.3) is 0 Å². The zero-order chi connectivity index (χ0) is 18.7. The molecule has 1 aliphatic carbocycles. The number of piperidine rings is 1. The molecule has 0 radical (unpaired) electrons. The van der Waals surface area contributed by atoms with Crippen LogP contribution in [0.3, 0.4) is 0 Å². The van der Waals surface area contributed by atoms with Gasteiger partial charge in [0.1, 0.15) is 5.41 Å². The maximum absolute atomic E-state index is 12.9. The quantitative estimate of drug-likeness (QED) is 0.791. The summed E-state index contributed by atoms with van der Waals surface area (Å²) in [5.41, 5.74) is 0.0685. The van der Waals surface area contributed by atoms with Crippen molar-refractivity contribution in [3.05, 3.63) is 23.8 Å². The second-order valence-corrected chi connectivity index (χ2v) is 7.45. The van der Waals surface area contributed by atoms with Crippen LogP contribution in [0, 0.1) is 11.3 Å². The van der Waals surface area contributed by atoms with E-state index in [2.05, 4.69) is 12.2 Å². The van der Waals surface area contributed by atoms with Crippen molar-refractivity contribution in [1.82, 2.24) is 10.2 Å². The van der Waals surface area contributed by atoms with Crippen LogP contribution in [0.1, 0.15) is 38.2 Å². The number of likely N-dealkylation sites (tertiary alicyclic amines) is 1. The summed E-state index contributed by atoms with van der Waals surface area (Å²) in [6.07, 6.45) is 3.47. The van der Waals surface area contributed by atoms with Gasteiger partial charge in [-0.1, -0.05) is 13.0 Å². The number of nitrogens with one attached hydrogen (secondary N) is 1. The summed E-state index contributed by atoms with van der Waals surface area (Å²) in [6, 6.07) is 5.54. The highest BCUT2D eigenvalue weighted by atomic mass is 16.5. The molecule has 2 aliphatic rings. The molecule has 0 aromatic heterocycles. The van der Waals surface area contributed by atoms with Gasteiger partial charge in [-0.05, 0) is 49.3 Å². The van der Waals surface area contributed by atoms with Gasteiger partial charge in [0, 0.05) is 19.6 Å². The Morgan fingerprint density at radius 3 is 2.58 bits per heavy atom.